The number of carbonyl (C=O) groups excluding carboxylic acids is 1. The van der Waals surface area contributed by atoms with E-state index in [9.17, 15) is 4.79 Å². The normalized spacial score (nSPS) is 18.9. The second-order valence-corrected chi connectivity index (χ2v) is 9.36. The van der Waals surface area contributed by atoms with Gasteiger partial charge in [-0.2, -0.15) is 5.10 Å². The predicted molar refractivity (Wildman–Crippen MR) is 116 cm³/mol. The summed E-state index contributed by atoms with van der Waals surface area (Å²) in [5.74, 6) is 0. The number of rotatable bonds is 3. The van der Waals surface area contributed by atoms with Crippen molar-refractivity contribution >= 4 is 39.6 Å². The van der Waals surface area contributed by atoms with E-state index in [-0.39, 0.29) is 12.1 Å². The van der Waals surface area contributed by atoms with Gasteiger partial charge in [-0.1, -0.05) is 6.07 Å². The van der Waals surface area contributed by atoms with Gasteiger partial charge < -0.3 is 9.64 Å². The van der Waals surface area contributed by atoms with E-state index in [4.69, 9.17) is 4.74 Å². The number of benzene rings is 1. The zero-order chi connectivity index (χ0) is 19.8. The van der Waals surface area contributed by atoms with Gasteiger partial charge in [0.15, 0.2) is 0 Å². The summed E-state index contributed by atoms with van der Waals surface area (Å²) in [4.78, 5) is 16.6. The van der Waals surface area contributed by atoms with Gasteiger partial charge in [-0.15, -0.1) is 0 Å². The van der Waals surface area contributed by atoms with E-state index in [1.807, 2.05) is 37.4 Å². The molecule has 6 nitrogen and oxygen atoms in total. The largest absolute Gasteiger partial charge is 0.444 e. The van der Waals surface area contributed by atoms with E-state index in [0.29, 0.717) is 0 Å². The molecule has 0 saturated carbocycles. The van der Waals surface area contributed by atoms with Gasteiger partial charge in [0.05, 0.1) is 5.52 Å². The monoisotopic (exact) mass is 484 g/mol. The molecule has 27 heavy (non-hydrogen) atoms. The zero-order valence-electron chi connectivity index (χ0n) is 16.8. The Morgan fingerprint density at radius 1 is 1.33 bits per heavy atom. The molecule has 1 fully saturated rings. The molecule has 0 N–H and O–H groups in total. The number of nitrogens with zero attached hydrogens (tertiary/aromatic N) is 4. The summed E-state index contributed by atoms with van der Waals surface area (Å²) < 4.78 is 8.50. The molecule has 7 heteroatoms. The highest BCUT2D eigenvalue weighted by molar-refractivity contribution is 14.1. The summed E-state index contributed by atoms with van der Waals surface area (Å²) in [6.45, 7) is 11.3. The molecule has 0 aliphatic carbocycles. The van der Waals surface area contributed by atoms with Crippen LogP contribution in [-0.4, -0.2) is 63.5 Å². The van der Waals surface area contributed by atoms with Gasteiger partial charge in [0.1, 0.15) is 9.30 Å². The van der Waals surface area contributed by atoms with Gasteiger partial charge in [0.25, 0.3) is 0 Å². The van der Waals surface area contributed by atoms with Crippen LogP contribution in [0.3, 0.4) is 0 Å². The Morgan fingerprint density at radius 2 is 2.07 bits per heavy atom. The second kappa shape index (κ2) is 7.95. The molecule has 0 spiro atoms. The number of fused-ring (bicyclic) bond motifs is 1. The van der Waals surface area contributed by atoms with Crippen molar-refractivity contribution in [2.45, 2.75) is 45.8 Å². The van der Waals surface area contributed by atoms with Crippen LogP contribution in [0.1, 0.15) is 33.3 Å². The van der Waals surface area contributed by atoms with Crippen molar-refractivity contribution < 1.29 is 9.53 Å². The number of aromatic nitrogens is 2. The number of amides is 1. The first-order valence-electron chi connectivity index (χ1n) is 9.47. The SMILES string of the molecule is C[C@H]1CN(CCc2ccc3c(c2)c(I)nn3C)CCN1C(=O)OC(C)(C)C. The van der Waals surface area contributed by atoms with Crippen LogP contribution in [0.4, 0.5) is 4.79 Å². The lowest BCUT2D eigenvalue weighted by Crippen LogP contribution is -2.55. The molecule has 1 amide bonds. The Bertz CT molecular complexity index is 827. The first kappa shape index (κ1) is 20.4. The molecule has 1 aliphatic rings. The fourth-order valence-electron chi connectivity index (χ4n) is 3.54. The van der Waals surface area contributed by atoms with Gasteiger partial charge in [0.2, 0.25) is 0 Å². The van der Waals surface area contributed by atoms with Crippen LogP contribution >= 0.6 is 22.6 Å². The summed E-state index contributed by atoms with van der Waals surface area (Å²) in [6, 6.07) is 6.77. The minimum absolute atomic E-state index is 0.162. The molecule has 0 unspecified atom stereocenters. The third-order valence-corrected chi connectivity index (χ3v) is 5.72. The predicted octanol–water partition coefficient (Wildman–Crippen LogP) is 3.66. The van der Waals surface area contributed by atoms with Crippen molar-refractivity contribution in [3.63, 3.8) is 0 Å². The maximum atomic E-state index is 12.3. The number of carbonyl (C=O) groups is 1. The summed E-state index contributed by atoms with van der Waals surface area (Å²) >= 11 is 2.30. The highest BCUT2D eigenvalue weighted by Gasteiger charge is 2.30. The van der Waals surface area contributed by atoms with Crippen LogP contribution in [0.5, 0.6) is 0 Å². The average molecular weight is 484 g/mol. The number of ether oxygens (including phenoxy) is 1. The second-order valence-electron chi connectivity index (χ2n) is 8.34. The lowest BCUT2D eigenvalue weighted by molar-refractivity contribution is 0.00163. The topological polar surface area (TPSA) is 50.6 Å². The summed E-state index contributed by atoms with van der Waals surface area (Å²) in [7, 11) is 1.98. The van der Waals surface area contributed by atoms with Crippen LogP contribution in [0.25, 0.3) is 10.9 Å². The van der Waals surface area contributed by atoms with Crippen LogP contribution in [0, 0.1) is 3.70 Å². The maximum Gasteiger partial charge on any atom is 0.410 e. The Hall–Kier alpha value is -1.35. The van der Waals surface area contributed by atoms with Crippen LogP contribution in [-0.2, 0) is 18.2 Å². The van der Waals surface area contributed by atoms with Gasteiger partial charge in [-0.25, -0.2) is 4.79 Å². The van der Waals surface area contributed by atoms with E-state index in [0.717, 1.165) is 36.3 Å². The lowest BCUT2D eigenvalue weighted by Gasteiger charge is -2.40. The van der Waals surface area contributed by atoms with Crippen molar-refractivity contribution in [3.05, 3.63) is 27.5 Å². The molecule has 1 aromatic heterocycles. The molecular weight excluding hydrogens is 455 g/mol. The van der Waals surface area contributed by atoms with E-state index in [1.165, 1.54) is 16.5 Å². The fraction of sp³-hybridized carbons (Fsp3) is 0.600. The lowest BCUT2D eigenvalue weighted by atomic mass is 10.1. The minimum Gasteiger partial charge on any atom is -0.444 e. The first-order valence-corrected chi connectivity index (χ1v) is 10.5. The number of halogens is 1. The molecular formula is C20H29IN4O2. The van der Waals surface area contributed by atoms with E-state index in [1.54, 1.807) is 0 Å². The first-order chi connectivity index (χ1) is 12.6. The van der Waals surface area contributed by atoms with Crippen molar-refractivity contribution in [1.29, 1.82) is 0 Å². The zero-order valence-corrected chi connectivity index (χ0v) is 19.0. The molecule has 1 atom stereocenters. The quantitative estimate of drug-likeness (QED) is 0.625. The van der Waals surface area contributed by atoms with Crippen LogP contribution < -0.4 is 0 Å². The van der Waals surface area contributed by atoms with E-state index in [2.05, 4.69) is 57.7 Å². The van der Waals surface area contributed by atoms with Crippen molar-refractivity contribution in [2.75, 3.05) is 26.2 Å². The fourth-order valence-corrected chi connectivity index (χ4v) is 4.30. The van der Waals surface area contributed by atoms with Crippen LogP contribution in [0.2, 0.25) is 0 Å². The standard InChI is InChI=1S/C20H29IN4O2/c1-14-13-24(10-11-25(14)19(26)27-20(2,3)4)9-8-15-6-7-17-16(12-15)18(21)22-23(17)5/h6-7,12,14H,8-11,13H2,1-5H3/t14-/m0/s1. The number of piperazine rings is 1. The summed E-state index contributed by atoms with van der Waals surface area (Å²) in [6.07, 6.45) is 0.798. The van der Waals surface area contributed by atoms with Gasteiger partial charge >= 0.3 is 6.09 Å². The van der Waals surface area contributed by atoms with Crippen molar-refractivity contribution in [3.8, 4) is 0 Å². The van der Waals surface area contributed by atoms with Crippen molar-refractivity contribution in [2.24, 2.45) is 7.05 Å². The maximum absolute atomic E-state index is 12.3. The number of aryl methyl sites for hydroxylation is 1. The Morgan fingerprint density at radius 3 is 2.74 bits per heavy atom. The van der Waals surface area contributed by atoms with Gasteiger partial charge in [-0.05, 0) is 74.4 Å². The van der Waals surface area contributed by atoms with E-state index >= 15 is 0 Å². The molecule has 2 aromatic rings. The Labute approximate surface area is 175 Å². The highest BCUT2D eigenvalue weighted by Crippen LogP contribution is 2.22. The Kier molecular flexibility index (Phi) is 6.00. The third kappa shape index (κ3) is 4.93. The van der Waals surface area contributed by atoms with Gasteiger partial charge in [0, 0.05) is 44.7 Å². The number of hydrogen-bond donors (Lipinski definition) is 0. The molecule has 1 saturated heterocycles. The van der Waals surface area contributed by atoms with Gasteiger partial charge in [-0.3, -0.25) is 9.58 Å². The minimum atomic E-state index is -0.448. The molecule has 2 heterocycles. The molecule has 148 valence electrons. The average Bonchev–Trinajstić information content (AvgIpc) is 2.85. The molecule has 0 radical (unpaired) electrons. The molecule has 1 aliphatic heterocycles. The Balaban J connectivity index is 1.56. The molecule has 0 bridgehead atoms. The molecule has 1 aromatic carbocycles. The van der Waals surface area contributed by atoms with E-state index < -0.39 is 5.60 Å². The molecule has 3 rings (SSSR count). The summed E-state index contributed by atoms with van der Waals surface area (Å²) in [5.41, 5.74) is 2.05. The number of hydrogen-bond acceptors (Lipinski definition) is 4. The highest BCUT2D eigenvalue weighted by atomic mass is 127. The summed E-state index contributed by atoms with van der Waals surface area (Å²) in [5, 5.41) is 5.71. The third-order valence-electron chi connectivity index (χ3n) is 4.93. The van der Waals surface area contributed by atoms with Crippen LogP contribution in [0.15, 0.2) is 18.2 Å². The van der Waals surface area contributed by atoms with Crippen molar-refractivity contribution in [1.82, 2.24) is 19.6 Å². The smallest absolute Gasteiger partial charge is 0.410 e.